The number of hydrogen-bond acceptors (Lipinski definition) is 3. The molecule has 4 nitrogen and oxygen atoms in total. The number of rotatable bonds is 6. The standard InChI is InChI=1S/C22H25N3O/c26-22(19-6-7-21-20(15-19)16-23-24-21)10-13-25-11-8-18(9-12-25)14-17-4-2-1-3-5-17/h1-7,15-16,18H,8-14H2,(H,23,24). The van der Waals surface area contributed by atoms with Gasteiger partial charge in [0.25, 0.3) is 0 Å². The molecule has 2 heterocycles. The van der Waals surface area contributed by atoms with Crippen LogP contribution in [0.4, 0.5) is 0 Å². The van der Waals surface area contributed by atoms with Crippen molar-refractivity contribution in [3.8, 4) is 0 Å². The maximum atomic E-state index is 12.5. The molecular formula is C22H25N3O. The number of fused-ring (bicyclic) bond motifs is 1. The molecule has 0 bridgehead atoms. The van der Waals surface area contributed by atoms with Gasteiger partial charge in [-0.3, -0.25) is 9.89 Å². The molecule has 1 aliphatic heterocycles. The first-order chi connectivity index (χ1) is 12.8. The van der Waals surface area contributed by atoms with Crippen LogP contribution in [0.1, 0.15) is 35.2 Å². The molecule has 4 rings (SSSR count). The highest BCUT2D eigenvalue weighted by molar-refractivity contribution is 5.99. The van der Waals surface area contributed by atoms with Gasteiger partial charge in [-0.2, -0.15) is 5.10 Å². The maximum Gasteiger partial charge on any atom is 0.164 e. The number of piperidine rings is 1. The van der Waals surface area contributed by atoms with Crippen LogP contribution in [-0.4, -0.2) is 40.5 Å². The third kappa shape index (κ3) is 4.02. The second kappa shape index (κ2) is 7.83. The van der Waals surface area contributed by atoms with Gasteiger partial charge in [0, 0.05) is 23.9 Å². The van der Waals surface area contributed by atoms with Crippen molar-refractivity contribution >= 4 is 16.7 Å². The number of likely N-dealkylation sites (tertiary alicyclic amines) is 1. The molecular weight excluding hydrogens is 322 g/mol. The van der Waals surface area contributed by atoms with E-state index in [1.165, 1.54) is 24.8 Å². The number of hydrogen-bond donors (Lipinski definition) is 1. The van der Waals surface area contributed by atoms with Gasteiger partial charge < -0.3 is 4.90 Å². The molecule has 0 atom stereocenters. The number of benzene rings is 2. The molecule has 1 N–H and O–H groups in total. The van der Waals surface area contributed by atoms with E-state index in [0.29, 0.717) is 6.42 Å². The van der Waals surface area contributed by atoms with E-state index in [2.05, 4.69) is 45.4 Å². The molecule has 0 spiro atoms. The average Bonchev–Trinajstić information content (AvgIpc) is 3.16. The minimum Gasteiger partial charge on any atom is -0.303 e. The van der Waals surface area contributed by atoms with Crippen LogP contribution in [0, 0.1) is 5.92 Å². The summed E-state index contributed by atoms with van der Waals surface area (Å²) >= 11 is 0. The van der Waals surface area contributed by atoms with Gasteiger partial charge in [-0.05, 0) is 62.0 Å². The summed E-state index contributed by atoms with van der Waals surface area (Å²) < 4.78 is 0. The van der Waals surface area contributed by atoms with Crippen molar-refractivity contribution in [3.63, 3.8) is 0 Å². The SMILES string of the molecule is O=C(CCN1CCC(Cc2ccccc2)CC1)c1ccc2[nH]ncc2c1. The summed E-state index contributed by atoms with van der Waals surface area (Å²) in [4.78, 5) is 14.9. The van der Waals surface area contributed by atoms with Gasteiger partial charge in [-0.15, -0.1) is 0 Å². The van der Waals surface area contributed by atoms with Crippen molar-refractivity contribution < 1.29 is 4.79 Å². The first-order valence-corrected chi connectivity index (χ1v) is 9.50. The van der Waals surface area contributed by atoms with Crippen molar-refractivity contribution in [1.29, 1.82) is 0 Å². The van der Waals surface area contributed by atoms with Gasteiger partial charge in [-0.25, -0.2) is 0 Å². The summed E-state index contributed by atoms with van der Waals surface area (Å²) in [6.07, 6.45) is 5.99. The van der Waals surface area contributed by atoms with E-state index in [1.54, 1.807) is 6.20 Å². The molecule has 0 aliphatic carbocycles. The minimum absolute atomic E-state index is 0.222. The summed E-state index contributed by atoms with van der Waals surface area (Å²) in [5.74, 6) is 0.993. The normalized spacial score (nSPS) is 16.2. The van der Waals surface area contributed by atoms with E-state index in [9.17, 15) is 4.79 Å². The molecule has 1 aliphatic rings. The van der Waals surface area contributed by atoms with Crippen LogP contribution in [-0.2, 0) is 6.42 Å². The lowest BCUT2D eigenvalue weighted by molar-refractivity contribution is 0.0951. The maximum absolute atomic E-state index is 12.5. The van der Waals surface area contributed by atoms with E-state index in [-0.39, 0.29) is 5.78 Å². The average molecular weight is 347 g/mol. The number of aromatic amines is 1. The fraction of sp³-hybridized carbons (Fsp3) is 0.364. The summed E-state index contributed by atoms with van der Waals surface area (Å²) in [6.45, 7) is 3.07. The lowest BCUT2D eigenvalue weighted by Gasteiger charge is -2.31. The largest absolute Gasteiger partial charge is 0.303 e. The molecule has 3 aromatic rings. The summed E-state index contributed by atoms with van der Waals surface area (Å²) in [7, 11) is 0. The quantitative estimate of drug-likeness (QED) is 0.683. The van der Waals surface area contributed by atoms with Crippen LogP contribution < -0.4 is 0 Å². The number of nitrogens with one attached hydrogen (secondary N) is 1. The Hall–Kier alpha value is -2.46. The fourth-order valence-corrected chi connectivity index (χ4v) is 3.88. The summed E-state index contributed by atoms with van der Waals surface area (Å²) in [5, 5.41) is 7.93. The lowest BCUT2D eigenvalue weighted by atomic mass is 9.90. The Morgan fingerprint density at radius 1 is 1.12 bits per heavy atom. The molecule has 0 radical (unpaired) electrons. The van der Waals surface area contributed by atoms with Crippen LogP contribution in [0.15, 0.2) is 54.7 Å². The smallest absolute Gasteiger partial charge is 0.164 e. The summed E-state index contributed by atoms with van der Waals surface area (Å²) in [5.41, 5.74) is 3.20. The molecule has 0 saturated carbocycles. The molecule has 26 heavy (non-hydrogen) atoms. The highest BCUT2D eigenvalue weighted by atomic mass is 16.1. The number of H-pyrrole nitrogens is 1. The molecule has 2 aromatic carbocycles. The topological polar surface area (TPSA) is 49.0 Å². The second-order valence-corrected chi connectivity index (χ2v) is 7.32. The summed E-state index contributed by atoms with van der Waals surface area (Å²) in [6, 6.07) is 16.5. The zero-order chi connectivity index (χ0) is 17.8. The van der Waals surface area contributed by atoms with E-state index >= 15 is 0 Å². The first-order valence-electron chi connectivity index (χ1n) is 9.50. The number of carbonyl (C=O) groups is 1. The molecule has 0 unspecified atom stereocenters. The van der Waals surface area contributed by atoms with E-state index < -0.39 is 0 Å². The number of Topliss-reactive ketones (excluding diaryl/α,β-unsaturated/α-hetero) is 1. The third-order valence-corrected chi connectivity index (χ3v) is 5.49. The predicted octanol–water partition coefficient (Wildman–Crippen LogP) is 4.09. The number of nitrogens with zero attached hydrogens (tertiary/aromatic N) is 2. The highest BCUT2D eigenvalue weighted by Gasteiger charge is 2.20. The van der Waals surface area contributed by atoms with Gasteiger partial charge in [-0.1, -0.05) is 30.3 Å². The first kappa shape index (κ1) is 17.0. The molecule has 4 heteroatoms. The highest BCUT2D eigenvalue weighted by Crippen LogP contribution is 2.22. The Bertz CT molecular complexity index is 863. The Morgan fingerprint density at radius 2 is 1.92 bits per heavy atom. The van der Waals surface area contributed by atoms with Gasteiger partial charge >= 0.3 is 0 Å². The zero-order valence-corrected chi connectivity index (χ0v) is 15.0. The van der Waals surface area contributed by atoms with Gasteiger partial charge in [0.05, 0.1) is 11.7 Å². The predicted molar refractivity (Wildman–Crippen MR) is 104 cm³/mol. The minimum atomic E-state index is 0.222. The van der Waals surface area contributed by atoms with Crippen LogP contribution in [0.3, 0.4) is 0 Å². The molecule has 134 valence electrons. The van der Waals surface area contributed by atoms with Crippen molar-refractivity contribution in [2.45, 2.75) is 25.7 Å². The van der Waals surface area contributed by atoms with Gasteiger partial charge in [0.15, 0.2) is 5.78 Å². The van der Waals surface area contributed by atoms with E-state index in [4.69, 9.17) is 0 Å². The number of ketones is 1. The monoisotopic (exact) mass is 347 g/mol. The lowest BCUT2D eigenvalue weighted by Crippen LogP contribution is -2.35. The van der Waals surface area contributed by atoms with Crippen LogP contribution >= 0.6 is 0 Å². The van der Waals surface area contributed by atoms with Crippen LogP contribution in [0.25, 0.3) is 10.9 Å². The number of aromatic nitrogens is 2. The van der Waals surface area contributed by atoms with Crippen molar-refractivity contribution in [3.05, 3.63) is 65.9 Å². The molecule has 0 amide bonds. The Kier molecular flexibility index (Phi) is 5.12. The van der Waals surface area contributed by atoms with Gasteiger partial charge in [0.2, 0.25) is 0 Å². The molecule has 1 aromatic heterocycles. The Morgan fingerprint density at radius 3 is 2.73 bits per heavy atom. The molecule has 1 fully saturated rings. The van der Waals surface area contributed by atoms with Crippen molar-refractivity contribution in [1.82, 2.24) is 15.1 Å². The van der Waals surface area contributed by atoms with E-state index in [0.717, 1.165) is 42.0 Å². The number of carbonyl (C=O) groups excluding carboxylic acids is 1. The van der Waals surface area contributed by atoms with Gasteiger partial charge in [0.1, 0.15) is 0 Å². The zero-order valence-electron chi connectivity index (χ0n) is 15.0. The Labute approximate surface area is 154 Å². The van der Waals surface area contributed by atoms with Crippen LogP contribution in [0.2, 0.25) is 0 Å². The fourth-order valence-electron chi connectivity index (χ4n) is 3.88. The van der Waals surface area contributed by atoms with Crippen LogP contribution in [0.5, 0.6) is 0 Å². The van der Waals surface area contributed by atoms with E-state index in [1.807, 2.05) is 18.2 Å². The second-order valence-electron chi connectivity index (χ2n) is 7.32. The Balaban J connectivity index is 1.25. The van der Waals surface area contributed by atoms with Crippen molar-refractivity contribution in [2.75, 3.05) is 19.6 Å². The molecule has 1 saturated heterocycles. The third-order valence-electron chi connectivity index (χ3n) is 5.49. The van der Waals surface area contributed by atoms with Crippen molar-refractivity contribution in [2.24, 2.45) is 5.92 Å².